The van der Waals surface area contributed by atoms with Gasteiger partial charge in [-0.25, -0.2) is 9.18 Å². The quantitative estimate of drug-likeness (QED) is 0.588. The molecule has 0 saturated carbocycles. The number of hydrogen-bond acceptors (Lipinski definition) is 5. The number of benzene rings is 2. The smallest absolute Gasteiger partial charge is 0.344 e. The van der Waals surface area contributed by atoms with Gasteiger partial charge < -0.3 is 9.73 Å². The summed E-state index contributed by atoms with van der Waals surface area (Å²) < 4.78 is 18.2. The van der Waals surface area contributed by atoms with Gasteiger partial charge in [-0.15, -0.1) is 0 Å². The molecule has 3 aromatic rings. The highest BCUT2D eigenvalue weighted by atomic mass is 19.1. The Morgan fingerprint density at radius 3 is 2.67 bits per heavy atom. The summed E-state index contributed by atoms with van der Waals surface area (Å²) in [7, 11) is 0. The average Bonchev–Trinajstić information content (AvgIpc) is 2.54. The van der Waals surface area contributed by atoms with E-state index in [4.69, 9.17) is 4.42 Å². The van der Waals surface area contributed by atoms with E-state index in [1.807, 2.05) is 0 Å². The molecule has 0 radical (unpaired) electrons. The van der Waals surface area contributed by atoms with Gasteiger partial charge in [-0.2, -0.15) is 0 Å². The number of nitro benzene ring substituents is 1. The van der Waals surface area contributed by atoms with Crippen LogP contribution in [0.5, 0.6) is 0 Å². The number of nitro groups is 1. The molecule has 120 valence electrons. The van der Waals surface area contributed by atoms with Crippen molar-refractivity contribution in [2.24, 2.45) is 0 Å². The predicted octanol–water partition coefficient (Wildman–Crippen LogP) is 3.09. The lowest BCUT2D eigenvalue weighted by atomic mass is 10.1. The number of amides is 1. The maximum Gasteiger partial charge on any atom is 0.344 e. The van der Waals surface area contributed by atoms with Crippen LogP contribution in [0, 0.1) is 15.9 Å². The second-order valence-electron chi connectivity index (χ2n) is 4.86. The van der Waals surface area contributed by atoms with Crippen molar-refractivity contribution in [2.45, 2.75) is 0 Å². The number of hydrogen-bond donors (Lipinski definition) is 1. The minimum Gasteiger partial charge on any atom is -0.417 e. The van der Waals surface area contributed by atoms with E-state index in [0.717, 1.165) is 12.1 Å². The molecule has 0 saturated heterocycles. The van der Waals surface area contributed by atoms with E-state index >= 15 is 0 Å². The third-order valence-corrected chi connectivity index (χ3v) is 3.30. The molecule has 1 N–H and O–H groups in total. The molecule has 8 heteroatoms. The van der Waals surface area contributed by atoms with Gasteiger partial charge in [-0.1, -0.05) is 12.1 Å². The number of anilines is 1. The van der Waals surface area contributed by atoms with Gasteiger partial charge in [0.25, 0.3) is 11.6 Å². The highest BCUT2D eigenvalue weighted by Crippen LogP contribution is 2.24. The first-order valence-corrected chi connectivity index (χ1v) is 6.74. The zero-order valence-electron chi connectivity index (χ0n) is 12.0. The number of para-hydroxylation sites is 2. The summed E-state index contributed by atoms with van der Waals surface area (Å²) in [6.45, 7) is 0. The van der Waals surface area contributed by atoms with Crippen LogP contribution in [0.3, 0.4) is 0 Å². The summed E-state index contributed by atoms with van der Waals surface area (Å²) in [5.41, 5.74) is -1.16. The maximum absolute atomic E-state index is 13.3. The van der Waals surface area contributed by atoms with Crippen LogP contribution >= 0.6 is 0 Å². The van der Waals surface area contributed by atoms with Gasteiger partial charge in [0.2, 0.25) is 0 Å². The summed E-state index contributed by atoms with van der Waals surface area (Å²) in [5, 5.41) is 13.6. The highest BCUT2D eigenvalue weighted by molar-refractivity contribution is 6.05. The van der Waals surface area contributed by atoms with Crippen molar-refractivity contribution in [1.82, 2.24) is 0 Å². The number of nitrogens with zero attached hydrogens (tertiary/aromatic N) is 1. The van der Waals surface area contributed by atoms with Gasteiger partial charge in [-0.05, 0) is 35.7 Å². The third-order valence-electron chi connectivity index (χ3n) is 3.30. The van der Waals surface area contributed by atoms with Gasteiger partial charge in [0.05, 0.1) is 10.3 Å². The lowest BCUT2D eigenvalue weighted by molar-refractivity contribution is -0.383. The standard InChI is InChI=1S/C16H9FN2O5/c17-10-5-6-11-9(7-10)8-14(24-16(11)21)15(20)18-12-3-1-2-4-13(12)19(22)23/h1-8H,(H,18,20). The van der Waals surface area contributed by atoms with E-state index in [1.54, 1.807) is 0 Å². The van der Waals surface area contributed by atoms with Crippen molar-refractivity contribution >= 4 is 28.1 Å². The first kappa shape index (κ1) is 15.3. The molecule has 7 nitrogen and oxygen atoms in total. The molecule has 0 aliphatic heterocycles. The number of nitrogens with one attached hydrogen (secondary N) is 1. The minimum atomic E-state index is -0.854. The minimum absolute atomic E-state index is 0.0468. The zero-order chi connectivity index (χ0) is 17.3. The van der Waals surface area contributed by atoms with Crippen molar-refractivity contribution < 1.29 is 18.5 Å². The first-order chi connectivity index (χ1) is 11.5. The number of fused-ring (bicyclic) bond motifs is 1. The summed E-state index contributed by atoms with van der Waals surface area (Å²) in [6.07, 6.45) is 0. The molecule has 1 heterocycles. The fourth-order valence-corrected chi connectivity index (χ4v) is 2.20. The molecule has 24 heavy (non-hydrogen) atoms. The van der Waals surface area contributed by atoms with Gasteiger partial charge in [0.15, 0.2) is 5.76 Å². The first-order valence-electron chi connectivity index (χ1n) is 6.74. The molecule has 0 atom stereocenters. The Labute approximate surface area is 133 Å². The van der Waals surface area contributed by atoms with E-state index in [2.05, 4.69) is 5.32 Å². The fourth-order valence-electron chi connectivity index (χ4n) is 2.20. The Morgan fingerprint density at radius 2 is 1.92 bits per heavy atom. The van der Waals surface area contributed by atoms with Crippen molar-refractivity contribution in [3.8, 4) is 0 Å². The Balaban J connectivity index is 2.01. The van der Waals surface area contributed by atoms with Gasteiger partial charge >= 0.3 is 5.63 Å². The Morgan fingerprint density at radius 1 is 1.17 bits per heavy atom. The van der Waals surface area contributed by atoms with Crippen LogP contribution in [0.2, 0.25) is 0 Å². The third kappa shape index (κ3) is 2.84. The molecule has 0 aliphatic rings. The topological polar surface area (TPSA) is 102 Å². The fraction of sp³-hybridized carbons (Fsp3) is 0. The lowest BCUT2D eigenvalue weighted by Crippen LogP contribution is -2.15. The van der Waals surface area contributed by atoms with E-state index in [9.17, 15) is 24.1 Å². The number of carbonyl (C=O) groups excluding carboxylic acids is 1. The van der Waals surface area contributed by atoms with Crippen molar-refractivity contribution in [2.75, 3.05) is 5.32 Å². The second-order valence-corrected chi connectivity index (χ2v) is 4.86. The van der Waals surface area contributed by atoms with Crippen LogP contribution in [0.4, 0.5) is 15.8 Å². The summed E-state index contributed by atoms with van der Waals surface area (Å²) in [6, 6.07) is 10.2. The summed E-state index contributed by atoms with van der Waals surface area (Å²) in [5.74, 6) is -1.80. The Hall–Kier alpha value is -3.55. The van der Waals surface area contributed by atoms with Crippen LogP contribution < -0.4 is 10.9 Å². The van der Waals surface area contributed by atoms with Gasteiger partial charge in [-0.3, -0.25) is 14.9 Å². The van der Waals surface area contributed by atoms with Crippen LogP contribution in [-0.4, -0.2) is 10.8 Å². The van der Waals surface area contributed by atoms with Crippen molar-refractivity contribution in [3.05, 3.63) is 80.6 Å². The normalized spacial score (nSPS) is 10.5. The second kappa shape index (κ2) is 5.92. The van der Waals surface area contributed by atoms with Crippen LogP contribution in [0.15, 0.2) is 57.7 Å². The highest BCUT2D eigenvalue weighted by Gasteiger charge is 2.18. The van der Waals surface area contributed by atoms with Gasteiger partial charge in [0.1, 0.15) is 11.5 Å². The summed E-state index contributed by atoms with van der Waals surface area (Å²) in [4.78, 5) is 34.4. The molecular formula is C16H9FN2O5. The van der Waals surface area contributed by atoms with Gasteiger partial charge in [0, 0.05) is 6.07 Å². The lowest BCUT2D eigenvalue weighted by Gasteiger charge is -2.05. The van der Waals surface area contributed by atoms with Crippen molar-refractivity contribution in [1.29, 1.82) is 0 Å². The van der Waals surface area contributed by atoms with Crippen molar-refractivity contribution in [3.63, 3.8) is 0 Å². The summed E-state index contributed by atoms with van der Waals surface area (Å²) >= 11 is 0. The largest absolute Gasteiger partial charge is 0.417 e. The zero-order valence-corrected chi connectivity index (χ0v) is 12.0. The van der Waals surface area contributed by atoms with Crippen LogP contribution in [-0.2, 0) is 0 Å². The molecule has 0 unspecified atom stereocenters. The molecule has 0 bridgehead atoms. The predicted molar refractivity (Wildman–Crippen MR) is 83.5 cm³/mol. The molecule has 2 aromatic carbocycles. The maximum atomic E-state index is 13.3. The number of halogens is 1. The molecule has 0 spiro atoms. The monoisotopic (exact) mass is 328 g/mol. The molecule has 1 aromatic heterocycles. The molecular weight excluding hydrogens is 319 g/mol. The van der Waals surface area contributed by atoms with Crippen LogP contribution in [0.25, 0.3) is 10.8 Å². The number of carbonyl (C=O) groups is 1. The Bertz CT molecular complexity index is 1030. The number of rotatable bonds is 3. The SMILES string of the molecule is O=C(Nc1ccccc1[N+](=O)[O-])c1cc2cc(F)ccc2c(=O)o1. The van der Waals surface area contributed by atoms with Crippen LogP contribution in [0.1, 0.15) is 10.6 Å². The van der Waals surface area contributed by atoms with E-state index in [1.165, 1.54) is 36.4 Å². The average molecular weight is 328 g/mol. The van der Waals surface area contributed by atoms with E-state index in [-0.39, 0.29) is 27.9 Å². The molecule has 0 aliphatic carbocycles. The molecule has 1 amide bonds. The molecule has 3 rings (SSSR count). The molecule has 0 fully saturated rings. The Kier molecular flexibility index (Phi) is 3.78. The van der Waals surface area contributed by atoms with E-state index in [0.29, 0.717) is 0 Å². The van der Waals surface area contributed by atoms with E-state index < -0.39 is 22.3 Å².